The van der Waals surface area contributed by atoms with Gasteiger partial charge in [-0.25, -0.2) is 0 Å². The Morgan fingerprint density at radius 1 is 1.35 bits per heavy atom. The number of nitrogens with two attached hydrogens (primary N) is 1. The first kappa shape index (κ1) is 17.9. The van der Waals surface area contributed by atoms with Crippen molar-refractivity contribution in [1.82, 2.24) is 9.80 Å². The van der Waals surface area contributed by atoms with Crippen LogP contribution in [-0.4, -0.2) is 62.1 Å². The lowest BCUT2D eigenvalue weighted by molar-refractivity contribution is 0.00844. The summed E-state index contributed by atoms with van der Waals surface area (Å²) in [6.07, 6.45) is 2.99. The number of rotatable bonds is 7. The van der Waals surface area contributed by atoms with Crippen LogP contribution in [0, 0.1) is 0 Å². The summed E-state index contributed by atoms with van der Waals surface area (Å²) >= 11 is 0. The number of nitrogens with zero attached hydrogens (tertiary/aromatic N) is 2. The topological polar surface area (TPSA) is 58.8 Å². The molecule has 1 aliphatic rings. The van der Waals surface area contributed by atoms with Crippen molar-refractivity contribution in [1.29, 1.82) is 0 Å². The maximum absolute atomic E-state index is 12.7. The average molecular weight is 319 g/mol. The van der Waals surface area contributed by atoms with Gasteiger partial charge < -0.3 is 20.3 Å². The summed E-state index contributed by atoms with van der Waals surface area (Å²) in [7, 11) is 4.06. The molecule has 1 aliphatic heterocycles. The molecule has 1 amide bonds. The maximum atomic E-state index is 12.7. The molecule has 0 unspecified atom stereocenters. The lowest BCUT2D eigenvalue weighted by atomic mass is 10.0. The molecule has 23 heavy (non-hydrogen) atoms. The van der Waals surface area contributed by atoms with Gasteiger partial charge in [0.05, 0.1) is 6.10 Å². The SMILES string of the molecule is CN(C)Cc1cccc(C(=O)N2CCC(OCCCN)CC2)c1. The summed E-state index contributed by atoms with van der Waals surface area (Å²) in [6.45, 7) is 3.77. The summed E-state index contributed by atoms with van der Waals surface area (Å²) in [6, 6.07) is 7.94. The van der Waals surface area contributed by atoms with E-state index in [1.807, 2.05) is 37.2 Å². The van der Waals surface area contributed by atoms with Gasteiger partial charge in [0, 0.05) is 31.8 Å². The van der Waals surface area contributed by atoms with Crippen LogP contribution in [0.5, 0.6) is 0 Å². The van der Waals surface area contributed by atoms with Crippen LogP contribution in [0.25, 0.3) is 0 Å². The Kier molecular flexibility index (Phi) is 7.02. The number of likely N-dealkylation sites (tertiary alicyclic amines) is 1. The van der Waals surface area contributed by atoms with Crippen molar-refractivity contribution in [3.8, 4) is 0 Å². The fraction of sp³-hybridized carbons (Fsp3) is 0.611. The van der Waals surface area contributed by atoms with E-state index in [0.29, 0.717) is 6.54 Å². The summed E-state index contributed by atoms with van der Waals surface area (Å²) < 4.78 is 5.80. The molecule has 2 N–H and O–H groups in total. The van der Waals surface area contributed by atoms with E-state index in [2.05, 4.69) is 11.0 Å². The van der Waals surface area contributed by atoms with Gasteiger partial charge in [0.2, 0.25) is 0 Å². The minimum absolute atomic E-state index is 0.131. The highest BCUT2D eigenvalue weighted by Gasteiger charge is 2.24. The average Bonchev–Trinajstić information content (AvgIpc) is 2.55. The number of hydrogen-bond donors (Lipinski definition) is 1. The van der Waals surface area contributed by atoms with Crippen molar-refractivity contribution >= 4 is 5.91 Å². The number of carbonyl (C=O) groups excluding carboxylic acids is 1. The molecule has 0 radical (unpaired) electrons. The van der Waals surface area contributed by atoms with Gasteiger partial charge in [-0.2, -0.15) is 0 Å². The van der Waals surface area contributed by atoms with E-state index in [4.69, 9.17) is 10.5 Å². The molecule has 0 spiro atoms. The van der Waals surface area contributed by atoms with Gasteiger partial charge in [-0.05, 0) is 57.6 Å². The number of carbonyl (C=O) groups is 1. The van der Waals surface area contributed by atoms with E-state index in [0.717, 1.165) is 51.1 Å². The molecule has 0 saturated carbocycles. The highest BCUT2D eigenvalue weighted by molar-refractivity contribution is 5.94. The first-order valence-corrected chi connectivity index (χ1v) is 8.44. The summed E-state index contributed by atoms with van der Waals surface area (Å²) in [4.78, 5) is 16.7. The third-order valence-electron chi connectivity index (χ3n) is 4.10. The Hall–Kier alpha value is -1.43. The minimum atomic E-state index is 0.131. The smallest absolute Gasteiger partial charge is 0.253 e. The molecule has 5 heteroatoms. The van der Waals surface area contributed by atoms with Gasteiger partial charge in [0.15, 0.2) is 0 Å². The van der Waals surface area contributed by atoms with Crippen LogP contribution in [0.4, 0.5) is 0 Å². The Bertz CT molecular complexity index is 497. The van der Waals surface area contributed by atoms with Crippen LogP contribution >= 0.6 is 0 Å². The quantitative estimate of drug-likeness (QED) is 0.778. The Morgan fingerprint density at radius 2 is 2.09 bits per heavy atom. The lowest BCUT2D eigenvalue weighted by Gasteiger charge is -2.32. The summed E-state index contributed by atoms with van der Waals surface area (Å²) in [5.74, 6) is 0.131. The van der Waals surface area contributed by atoms with Crippen LogP contribution in [0.2, 0.25) is 0 Å². The van der Waals surface area contributed by atoms with Crippen molar-refractivity contribution in [2.45, 2.75) is 31.9 Å². The number of piperidine rings is 1. The number of benzene rings is 1. The van der Waals surface area contributed by atoms with E-state index in [1.54, 1.807) is 0 Å². The second-order valence-electron chi connectivity index (χ2n) is 6.44. The Balaban J connectivity index is 1.87. The molecule has 5 nitrogen and oxygen atoms in total. The number of ether oxygens (including phenoxy) is 1. The molecular weight excluding hydrogens is 290 g/mol. The fourth-order valence-corrected chi connectivity index (χ4v) is 2.91. The number of hydrogen-bond acceptors (Lipinski definition) is 4. The maximum Gasteiger partial charge on any atom is 0.253 e. The molecule has 128 valence electrons. The van der Waals surface area contributed by atoms with Crippen LogP contribution in [0.3, 0.4) is 0 Å². The van der Waals surface area contributed by atoms with Crippen LogP contribution in [0.1, 0.15) is 35.2 Å². The molecule has 1 saturated heterocycles. The molecule has 0 aliphatic carbocycles. The van der Waals surface area contributed by atoms with Gasteiger partial charge >= 0.3 is 0 Å². The highest BCUT2D eigenvalue weighted by atomic mass is 16.5. The predicted octanol–water partition coefficient (Wildman–Crippen LogP) is 1.72. The highest BCUT2D eigenvalue weighted by Crippen LogP contribution is 2.17. The van der Waals surface area contributed by atoms with Gasteiger partial charge in [-0.15, -0.1) is 0 Å². The second kappa shape index (κ2) is 9.01. The van der Waals surface area contributed by atoms with Crippen LogP contribution in [-0.2, 0) is 11.3 Å². The lowest BCUT2D eigenvalue weighted by Crippen LogP contribution is -2.41. The van der Waals surface area contributed by atoms with Gasteiger partial charge in [0.1, 0.15) is 0 Å². The van der Waals surface area contributed by atoms with E-state index in [-0.39, 0.29) is 12.0 Å². The van der Waals surface area contributed by atoms with Crippen molar-refractivity contribution in [3.05, 3.63) is 35.4 Å². The van der Waals surface area contributed by atoms with E-state index in [1.165, 1.54) is 5.56 Å². The molecule has 1 aromatic carbocycles. The molecule has 1 aromatic rings. The first-order chi connectivity index (χ1) is 11.1. The van der Waals surface area contributed by atoms with Crippen molar-refractivity contribution in [3.63, 3.8) is 0 Å². The van der Waals surface area contributed by atoms with Gasteiger partial charge in [0.25, 0.3) is 5.91 Å². The van der Waals surface area contributed by atoms with Crippen molar-refractivity contribution in [2.24, 2.45) is 5.73 Å². The van der Waals surface area contributed by atoms with Crippen LogP contribution < -0.4 is 5.73 Å². The van der Waals surface area contributed by atoms with Crippen molar-refractivity contribution < 1.29 is 9.53 Å². The zero-order chi connectivity index (χ0) is 16.7. The third-order valence-corrected chi connectivity index (χ3v) is 4.10. The Labute approximate surface area is 139 Å². The zero-order valence-corrected chi connectivity index (χ0v) is 14.3. The monoisotopic (exact) mass is 319 g/mol. The Morgan fingerprint density at radius 3 is 2.74 bits per heavy atom. The largest absolute Gasteiger partial charge is 0.378 e. The standard InChI is InChI=1S/C18H29N3O2/c1-20(2)14-15-5-3-6-16(13-15)18(22)21-10-7-17(8-11-21)23-12-4-9-19/h3,5-6,13,17H,4,7-12,14,19H2,1-2H3. The molecule has 2 rings (SSSR count). The predicted molar refractivity (Wildman–Crippen MR) is 92.4 cm³/mol. The van der Waals surface area contributed by atoms with E-state index < -0.39 is 0 Å². The van der Waals surface area contributed by atoms with E-state index >= 15 is 0 Å². The molecule has 0 bridgehead atoms. The zero-order valence-electron chi connectivity index (χ0n) is 14.3. The molecule has 0 atom stereocenters. The van der Waals surface area contributed by atoms with E-state index in [9.17, 15) is 4.79 Å². The fourth-order valence-electron chi connectivity index (χ4n) is 2.91. The normalized spacial score (nSPS) is 16.1. The third kappa shape index (κ3) is 5.61. The first-order valence-electron chi connectivity index (χ1n) is 8.44. The summed E-state index contributed by atoms with van der Waals surface area (Å²) in [5, 5.41) is 0. The molecule has 1 fully saturated rings. The van der Waals surface area contributed by atoms with Gasteiger partial charge in [-0.1, -0.05) is 12.1 Å². The second-order valence-corrected chi connectivity index (χ2v) is 6.44. The van der Waals surface area contributed by atoms with Crippen molar-refractivity contribution in [2.75, 3.05) is 40.3 Å². The molecular formula is C18H29N3O2. The summed E-state index contributed by atoms with van der Waals surface area (Å²) in [5.41, 5.74) is 7.43. The minimum Gasteiger partial charge on any atom is -0.378 e. The molecule has 1 heterocycles. The number of amides is 1. The molecule has 0 aromatic heterocycles. The van der Waals surface area contributed by atoms with Crippen LogP contribution in [0.15, 0.2) is 24.3 Å². The van der Waals surface area contributed by atoms with Gasteiger partial charge in [-0.3, -0.25) is 4.79 Å².